The highest BCUT2D eigenvalue weighted by Crippen LogP contribution is 2.23. The quantitative estimate of drug-likeness (QED) is 0.756. The molecule has 3 rings (SSSR count). The number of allylic oxidation sites excluding steroid dienone is 1. The Labute approximate surface area is 108 Å². The molecule has 1 heteroatoms. The van der Waals surface area contributed by atoms with Gasteiger partial charge in [-0.05, 0) is 11.1 Å². The van der Waals surface area contributed by atoms with E-state index in [1.54, 1.807) is 0 Å². The lowest BCUT2D eigenvalue weighted by atomic mass is 10.1. The summed E-state index contributed by atoms with van der Waals surface area (Å²) in [5, 5.41) is 0. The van der Waals surface area contributed by atoms with Gasteiger partial charge in [-0.15, -0.1) is 0 Å². The molecule has 0 N–H and O–H groups in total. The largest absolute Gasteiger partial charge is 0.257 e. The number of hydrogen-bond acceptors (Lipinski definition) is 1. The van der Waals surface area contributed by atoms with E-state index < -0.39 is 0 Å². The van der Waals surface area contributed by atoms with Crippen molar-refractivity contribution in [2.24, 2.45) is 4.99 Å². The van der Waals surface area contributed by atoms with E-state index in [0.717, 1.165) is 18.5 Å². The molecule has 0 unspecified atom stereocenters. The first-order chi connectivity index (χ1) is 8.92. The van der Waals surface area contributed by atoms with E-state index in [1.165, 1.54) is 16.8 Å². The molecule has 0 radical (unpaired) electrons. The Morgan fingerprint density at radius 2 is 1.50 bits per heavy atom. The van der Waals surface area contributed by atoms with Crippen molar-refractivity contribution in [3.63, 3.8) is 0 Å². The van der Waals surface area contributed by atoms with E-state index >= 15 is 0 Å². The predicted octanol–water partition coefficient (Wildman–Crippen LogP) is 4.11. The minimum Gasteiger partial charge on any atom is -0.257 e. The third kappa shape index (κ3) is 2.40. The summed E-state index contributed by atoms with van der Waals surface area (Å²) in [6.45, 7) is 0. The number of nitrogens with zero attached hydrogens (tertiary/aromatic N) is 1. The van der Waals surface area contributed by atoms with Gasteiger partial charge in [-0.3, -0.25) is 4.99 Å². The zero-order valence-electron chi connectivity index (χ0n) is 10.2. The molecule has 0 atom stereocenters. The van der Waals surface area contributed by atoms with Gasteiger partial charge in [0.05, 0.1) is 5.70 Å². The zero-order chi connectivity index (χ0) is 12.2. The molecule has 0 saturated heterocycles. The second-order valence-electron chi connectivity index (χ2n) is 4.50. The summed E-state index contributed by atoms with van der Waals surface area (Å²) in [7, 11) is 0. The molecule has 0 saturated carbocycles. The Morgan fingerprint density at radius 3 is 2.22 bits per heavy atom. The van der Waals surface area contributed by atoms with Crippen molar-refractivity contribution in [3.8, 4) is 0 Å². The van der Waals surface area contributed by atoms with Crippen molar-refractivity contribution in [2.45, 2.75) is 12.8 Å². The summed E-state index contributed by atoms with van der Waals surface area (Å²) in [5.41, 5.74) is 4.90. The molecule has 0 fully saturated rings. The molecule has 0 aliphatic carbocycles. The monoisotopic (exact) mass is 233 g/mol. The highest BCUT2D eigenvalue weighted by atomic mass is 14.8. The second kappa shape index (κ2) is 5.01. The molecule has 0 aromatic heterocycles. The Balaban J connectivity index is 1.75. The van der Waals surface area contributed by atoms with Crippen molar-refractivity contribution < 1.29 is 0 Å². The molecule has 1 aliphatic heterocycles. The Morgan fingerprint density at radius 1 is 0.833 bits per heavy atom. The van der Waals surface area contributed by atoms with Crippen LogP contribution in [0.15, 0.2) is 71.7 Å². The van der Waals surface area contributed by atoms with Crippen molar-refractivity contribution in [2.75, 3.05) is 0 Å². The van der Waals surface area contributed by atoms with Gasteiger partial charge < -0.3 is 0 Å². The van der Waals surface area contributed by atoms with E-state index in [-0.39, 0.29) is 0 Å². The average molecular weight is 233 g/mol. The fraction of sp³-hybridized carbons (Fsp3) is 0.118. The van der Waals surface area contributed by atoms with Crippen LogP contribution in [0.5, 0.6) is 0 Å². The molecule has 0 spiro atoms. The van der Waals surface area contributed by atoms with Crippen LogP contribution >= 0.6 is 0 Å². The van der Waals surface area contributed by atoms with Gasteiger partial charge in [0.2, 0.25) is 0 Å². The standard InChI is InChI=1S/C17H15N/c1-3-7-14(8-4-1)13-16-11-12-17(18-16)15-9-5-2-6-10-15/h1-10,12H,11,13H2. The summed E-state index contributed by atoms with van der Waals surface area (Å²) in [6.07, 6.45) is 4.14. The Kier molecular flexibility index (Phi) is 3.05. The van der Waals surface area contributed by atoms with Crippen molar-refractivity contribution in [3.05, 3.63) is 77.9 Å². The van der Waals surface area contributed by atoms with Gasteiger partial charge in [-0.1, -0.05) is 66.7 Å². The molecule has 0 amide bonds. The summed E-state index contributed by atoms with van der Waals surface area (Å²) >= 11 is 0. The topological polar surface area (TPSA) is 12.4 Å². The Bertz CT molecular complexity index is 580. The number of hydrogen-bond donors (Lipinski definition) is 0. The molecule has 1 aliphatic rings. The minimum atomic E-state index is 0.952. The van der Waals surface area contributed by atoms with Gasteiger partial charge in [-0.25, -0.2) is 0 Å². The maximum Gasteiger partial charge on any atom is 0.0665 e. The lowest BCUT2D eigenvalue weighted by molar-refractivity contribution is 1.27. The normalized spacial score (nSPS) is 14.2. The van der Waals surface area contributed by atoms with Crippen molar-refractivity contribution in [1.82, 2.24) is 0 Å². The molecule has 2 aromatic carbocycles. The van der Waals surface area contributed by atoms with Crippen LogP contribution < -0.4 is 0 Å². The number of rotatable bonds is 3. The fourth-order valence-electron chi connectivity index (χ4n) is 2.21. The Hall–Kier alpha value is -2.15. The van der Waals surface area contributed by atoms with Crippen LogP contribution in [-0.2, 0) is 6.42 Å². The first-order valence-corrected chi connectivity index (χ1v) is 6.28. The average Bonchev–Trinajstić information content (AvgIpc) is 2.89. The summed E-state index contributed by atoms with van der Waals surface area (Å²) in [5.74, 6) is 0. The van der Waals surface area contributed by atoms with Crippen LogP contribution in [-0.4, -0.2) is 5.71 Å². The maximum absolute atomic E-state index is 4.73. The maximum atomic E-state index is 4.73. The summed E-state index contributed by atoms with van der Waals surface area (Å²) < 4.78 is 0. The van der Waals surface area contributed by atoms with Crippen LogP contribution in [0.2, 0.25) is 0 Å². The molecule has 0 bridgehead atoms. The second-order valence-corrected chi connectivity index (χ2v) is 4.50. The predicted molar refractivity (Wildman–Crippen MR) is 76.6 cm³/mol. The van der Waals surface area contributed by atoms with Crippen LogP contribution in [0, 0.1) is 0 Å². The highest BCUT2D eigenvalue weighted by Gasteiger charge is 2.10. The molecule has 88 valence electrons. The highest BCUT2D eigenvalue weighted by molar-refractivity contribution is 5.97. The van der Waals surface area contributed by atoms with Gasteiger partial charge in [-0.2, -0.15) is 0 Å². The van der Waals surface area contributed by atoms with Gasteiger partial charge in [0.25, 0.3) is 0 Å². The minimum absolute atomic E-state index is 0.952. The van der Waals surface area contributed by atoms with Crippen molar-refractivity contribution in [1.29, 1.82) is 0 Å². The fourth-order valence-corrected chi connectivity index (χ4v) is 2.21. The molecular formula is C17H15N. The molecule has 2 aromatic rings. The smallest absolute Gasteiger partial charge is 0.0665 e. The van der Waals surface area contributed by atoms with Crippen LogP contribution in [0.4, 0.5) is 0 Å². The van der Waals surface area contributed by atoms with Crippen LogP contribution in [0.3, 0.4) is 0 Å². The van der Waals surface area contributed by atoms with Gasteiger partial charge >= 0.3 is 0 Å². The summed E-state index contributed by atoms with van der Waals surface area (Å²) in [4.78, 5) is 4.73. The first-order valence-electron chi connectivity index (χ1n) is 6.28. The van der Waals surface area contributed by atoms with Gasteiger partial charge in [0, 0.05) is 18.6 Å². The van der Waals surface area contributed by atoms with E-state index in [0.29, 0.717) is 0 Å². The number of aliphatic imine (C=N–C) groups is 1. The molecule has 18 heavy (non-hydrogen) atoms. The lowest BCUT2D eigenvalue weighted by Crippen LogP contribution is -1.98. The van der Waals surface area contributed by atoms with Gasteiger partial charge in [0.15, 0.2) is 0 Å². The third-order valence-electron chi connectivity index (χ3n) is 3.13. The lowest BCUT2D eigenvalue weighted by Gasteiger charge is -2.00. The van der Waals surface area contributed by atoms with E-state index in [4.69, 9.17) is 4.99 Å². The van der Waals surface area contributed by atoms with E-state index in [2.05, 4.69) is 54.6 Å². The number of benzene rings is 2. The third-order valence-corrected chi connectivity index (χ3v) is 3.13. The van der Waals surface area contributed by atoms with Crippen LogP contribution in [0.25, 0.3) is 5.70 Å². The zero-order valence-corrected chi connectivity index (χ0v) is 10.2. The molecular weight excluding hydrogens is 218 g/mol. The van der Waals surface area contributed by atoms with E-state index in [9.17, 15) is 0 Å². The van der Waals surface area contributed by atoms with Crippen LogP contribution in [0.1, 0.15) is 17.5 Å². The SMILES string of the molecule is C1=C(c2ccccc2)N=C(Cc2ccccc2)C1. The molecule has 1 nitrogen and oxygen atoms in total. The van der Waals surface area contributed by atoms with E-state index in [1.807, 2.05) is 12.1 Å². The summed E-state index contributed by atoms with van der Waals surface area (Å²) in [6, 6.07) is 20.9. The first kappa shape index (κ1) is 11.0. The van der Waals surface area contributed by atoms with Gasteiger partial charge in [0.1, 0.15) is 0 Å². The van der Waals surface area contributed by atoms with Crippen molar-refractivity contribution >= 4 is 11.4 Å². The molecule has 1 heterocycles.